The van der Waals surface area contributed by atoms with Crippen molar-refractivity contribution >= 4 is 5.91 Å². The lowest BCUT2D eigenvalue weighted by molar-refractivity contribution is -0.122. The van der Waals surface area contributed by atoms with Crippen LogP contribution in [0.25, 0.3) is 0 Å². The van der Waals surface area contributed by atoms with E-state index in [1.54, 1.807) is 7.11 Å². The number of nitrogens with two attached hydrogens (primary N) is 1. The van der Waals surface area contributed by atoms with Crippen molar-refractivity contribution in [1.82, 2.24) is 5.32 Å². The van der Waals surface area contributed by atoms with Crippen molar-refractivity contribution in [3.63, 3.8) is 0 Å². The zero-order chi connectivity index (χ0) is 15.2. The van der Waals surface area contributed by atoms with Crippen molar-refractivity contribution in [1.29, 1.82) is 0 Å². The quantitative estimate of drug-likeness (QED) is 0.837. The fourth-order valence-corrected chi connectivity index (χ4v) is 2.16. The third-order valence-electron chi connectivity index (χ3n) is 3.38. The topological polar surface area (TPSA) is 64.3 Å². The minimum Gasteiger partial charge on any atom is -0.496 e. The molecule has 0 fully saturated rings. The lowest BCUT2D eigenvalue weighted by Gasteiger charge is -2.31. The summed E-state index contributed by atoms with van der Waals surface area (Å²) in [5, 5.41) is 3.08. The van der Waals surface area contributed by atoms with E-state index in [1.165, 1.54) is 0 Å². The molecule has 0 aliphatic carbocycles. The highest BCUT2D eigenvalue weighted by atomic mass is 16.5. The number of amides is 1. The number of para-hydroxylation sites is 1. The highest BCUT2D eigenvalue weighted by molar-refractivity contribution is 5.79. The Kier molecular flexibility index (Phi) is 6.02. The molecule has 1 rings (SSSR count). The van der Waals surface area contributed by atoms with Gasteiger partial charge in [0.1, 0.15) is 5.75 Å². The Morgan fingerprint density at radius 3 is 2.55 bits per heavy atom. The van der Waals surface area contributed by atoms with E-state index in [-0.39, 0.29) is 17.4 Å². The van der Waals surface area contributed by atoms with Crippen LogP contribution < -0.4 is 15.8 Å². The molecular weight excluding hydrogens is 252 g/mol. The highest BCUT2D eigenvalue weighted by Crippen LogP contribution is 2.22. The normalized spacial score (nSPS) is 12.8. The Morgan fingerprint density at radius 1 is 1.35 bits per heavy atom. The second kappa shape index (κ2) is 7.29. The van der Waals surface area contributed by atoms with Crippen LogP contribution in [0, 0.1) is 5.41 Å². The predicted octanol–water partition coefficient (Wildman–Crippen LogP) is 2.12. The Labute approximate surface area is 121 Å². The third-order valence-corrected chi connectivity index (χ3v) is 3.38. The van der Waals surface area contributed by atoms with Gasteiger partial charge in [-0.2, -0.15) is 0 Å². The average Bonchev–Trinajstić information content (AvgIpc) is 2.37. The van der Waals surface area contributed by atoms with Crippen molar-refractivity contribution in [2.75, 3.05) is 13.7 Å². The molecule has 1 aromatic carbocycles. The maximum Gasteiger partial charge on any atom is 0.224 e. The lowest BCUT2D eigenvalue weighted by Crippen LogP contribution is -2.45. The van der Waals surface area contributed by atoms with Crippen molar-refractivity contribution in [3.8, 4) is 5.75 Å². The number of carbonyl (C=O) groups excluding carboxylic acids is 1. The molecular formula is C16H26N2O2. The van der Waals surface area contributed by atoms with Gasteiger partial charge in [-0.1, -0.05) is 39.0 Å². The SMILES string of the molecule is COc1ccccc1CC(=O)NC(CCN)C(C)(C)C. The van der Waals surface area contributed by atoms with Crippen LogP contribution in [0.4, 0.5) is 0 Å². The van der Waals surface area contributed by atoms with E-state index in [0.29, 0.717) is 13.0 Å². The minimum absolute atomic E-state index is 0.00266. The second-order valence-corrected chi connectivity index (χ2v) is 6.05. The third kappa shape index (κ3) is 4.85. The van der Waals surface area contributed by atoms with E-state index in [4.69, 9.17) is 10.5 Å². The lowest BCUT2D eigenvalue weighted by atomic mass is 9.84. The van der Waals surface area contributed by atoms with Gasteiger partial charge in [-0.05, 0) is 24.4 Å². The molecule has 0 saturated carbocycles. The van der Waals surface area contributed by atoms with Crippen molar-refractivity contribution in [2.24, 2.45) is 11.1 Å². The molecule has 0 bridgehead atoms. The molecule has 1 unspecified atom stereocenters. The molecule has 20 heavy (non-hydrogen) atoms. The molecule has 0 aliphatic rings. The van der Waals surface area contributed by atoms with Crippen LogP contribution in [0.1, 0.15) is 32.8 Å². The maximum absolute atomic E-state index is 12.2. The minimum atomic E-state index is -0.00416. The summed E-state index contributed by atoms with van der Waals surface area (Å²) in [6.45, 7) is 6.89. The summed E-state index contributed by atoms with van der Waals surface area (Å²) in [7, 11) is 1.61. The number of rotatable bonds is 6. The zero-order valence-corrected chi connectivity index (χ0v) is 12.9. The van der Waals surface area contributed by atoms with E-state index >= 15 is 0 Å². The van der Waals surface area contributed by atoms with Crippen LogP contribution in [-0.4, -0.2) is 25.6 Å². The monoisotopic (exact) mass is 278 g/mol. The summed E-state index contributed by atoms with van der Waals surface area (Å²) < 4.78 is 5.27. The fraction of sp³-hybridized carbons (Fsp3) is 0.562. The first kappa shape index (κ1) is 16.5. The number of benzene rings is 1. The number of ether oxygens (including phenoxy) is 1. The fourth-order valence-electron chi connectivity index (χ4n) is 2.16. The maximum atomic E-state index is 12.2. The molecule has 1 atom stereocenters. The van der Waals surface area contributed by atoms with E-state index < -0.39 is 0 Å². The predicted molar refractivity (Wildman–Crippen MR) is 81.8 cm³/mol. The van der Waals surface area contributed by atoms with Gasteiger partial charge in [0.25, 0.3) is 0 Å². The van der Waals surface area contributed by atoms with Gasteiger partial charge in [0, 0.05) is 11.6 Å². The highest BCUT2D eigenvalue weighted by Gasteiger charge is 2.25. The van der Waals surface area contributed by atoms with E-state index in [2.05, 4.69) is 26.1 Å². The molecule has 112 valence electrons. The molecule has 4 nitrogen and oxygen atoms in total. The van der Waals surface area contributed by atoms with Crippen LogP contribution in [0.15, 0.2) is 24.3 Å². The molecule has 0 saturated heterocycles. The molecule has 3 N–H and O–H groups in total. The van der Waals surface area contributed by atoms with Crippen LogP contribution in [0.3, 0.4) is 0 Å². The van der Waals surface area contributed by atoms with Crippen LogP contribution in [0.2, 0.25) is 0 Å². The summed E-state index contributed by atoms with van der Waals surface area (Å²) in [5.41, 5.74) is 6.52. The Morgan fingerprint density at radius 2 is 2.00 bits per heavy atom. The Bertz CT molecular complexity index is 438. The standard InChI is InChI=1S/C16H26N2O2/c1-16(2,3)14(9-10-17)18-15(19)11-12-7-5-6-8-13(12)20-4/h5-8,14H,9-11,17H2,1-4H3,(H,18,19). The smallest absolute Gasteiger partial charge is 0.224 e. The molecule has 0 radical (unpaired) electrons. The zero-order valence-electron chi connectivity index (χ0n) is 12.9. The van der Waals surface area contributed by atoms with Crippen molar-refractivity contribution in [3.05, 3.63) is 29.8 Å². The first-order chi connectivity index (χ1) is 9.38. The first-order valence-electron chi connectivity index (χ1n) is 6.99. The van der Waals surface area contributed by atoms with Crippen molar-refractivity contribution in [2.45, 2.75) is 39.7 Å². The second-order valence-electron chi connectivity index (χ2n) is 6.05. The average molecular weight is 278 g/mol. The molecule has 1 amide bonds. The number of nitrogens with one attached hydrogen (secondary N) is 1. The summed E-state index contributed by atoms with van der Waals surface area (Å²) >= 11 is 0. The molecule has 4 heteroatoms. The number of hydrogen-bond donors (Lipinski definition) is 2. The summed E-state index contributed by atoms with van der Waals surface area (Å²) in [6, 6.07) is 7.66. The van der Waals surface area contributed by atoms with Gasteiger partial charge in [0.15, 0.2) is 0 Å². The van der Waals surface area contributed by atoms with E-state index in [1.807, 2.05) is 24.3 Å². The Balaban J connectivity index is 2.71. The molecule has 0 aliphatic heterocycles. The summed E-state index contributed by atoms with van der Waals surface area (Å²) in [5.74, 6) is 0.747. The number of carbonyl (C=O) groups is 1. The molecule has 0 heterocycles. The van der Waals surface area contributed by atoms with E-state index in [9.17, 15) is 4.79 Å². The van der Waals surface area contributed by atoms with Crippen LogP contribution in [-0.2, 0) is 11.2 Å². The van der Waals surface area contributed by atoms with Gasteiger partial charge < -0.3 is 15.8 Å². The van der Waals surface area contributed by atoms with Crippen molar-refractivity contribution < 1.29 is 9.53 Å². The van der Waals surface area contributed by atoms with Gasteiger partial charge in [-0.3, -0.25) is 4.79 Å². The number of hydrogen-bond acceptors (Lipinski definition) is 3. The van der Waals surface area contributed by atoms with Gasteiger partial charge in [0.05, 0.1) is 13.5 Å². The van der Waals surface area contributed by atoms with Crippen LogP contribution >= 0.6 is 0 Å². The molecule has 0 aromatic heterocycles. The first-order valence-corrected chi connectivity index (χ1v) is 6.99. The van der Waals surface area contributed by atoms with E-state index in [0.717, 1.165) is 17.7 Å². The molecule has 1 aromatic rings. The van der Waals surface area contributed by atoms with Gasteiger partial charge >= 0.3 is 0 Å². The van der Waals surface area contributed by atoms with Gasteiger partial charge in [0.2, 0.25) is 5.91 Å². The number of methoxy groups -OCH3 is 1. The van der Waals surface area contributed by atoms with Gasteiger partial charge in [-0.15, -0.1) is 0 Å². The molecule has 0 spiro atoms. The summed E-state index contributed by atoms with van der Waals surface area (Å²) in [6.07, 6.45) is 1.10. The van der Waals surface area contributed by atoms with Crippen LogP contribution in [0.5, 0.6) is 5.75 Å². The summed E-state index contributed by atoms with van der Waals surface area (Å²) in [4.78, 5) is 12.2. The van der Waals surface area contributed by atoms with Gasteiger partial charge in [-0.25, -0.2) is 0 Å². The largest absolute Gasteiger partial charge is 0.496 e. The Hall–Kier alpha value is -1.55.